The number of carbonyl (C=O) groups excluding carboxylic acids is 2. The van der Waals surface area contributed by atoms with Crippen LogP contribution in [0.5, 0.6) is 5.75 Å². The Hall–Kier alpha value is -2.04. The van der Waals surface area contributed by atoms with Crippen molar-refractivity contribution >= 4 is 11.8 Å². The van der Waals surface area contributed by atoms with Gasteiger partial charge in [0.15, 0.2) is 0 Å². The van der Waals surface area contributed by atoms with Crippen LogP contribution in [0.15, 0.2) is 24.3 Å². The minimum Gasteiger partial charge on any atom is -0.494 e. The summed E-state index contributed by atoms with van der Waals surface area (Å²) in [5.41, 5.74) is 1.17. The van der Waals surface area contributed by atoms with Crippen molar-refractivity contribution in [3.05, 3.63) is 29.8 Å². The zero-order valence-electron chi connectivity index (χ0n) is 15.4. The summed E-state index contributed by atoms with van der Waals surface area (Å²) >= 11 is 0. The Morgan fingerprint density at radius 1 is 1.28 bits per heavy atom. The van der Waals surface area contributed by atoms with E-state index in [0.717, 1.165) is 31.6 Å². The normalized spacial score (nSPS) is 15.0. The van der Waals surface area contributed by atoms with Gasteiger partial charge in [0.05, 0.1) is 6.61 Å². The van der Waals surface area contributed by atoms with Gasteiger partial charge in [0.2, 0.25) is 11.8 Å². The van der Waals surface area contributed by atoms with E-state index in [2.05, 4.69) is 5.32 Å². The molecule has 1 saturated heterocycles. The molecule has 1 aliphatic rings. The number of carbonyl (C=O) groups is 2. The molecule has 5 heteroatoms. The summed E-state index contributed by atoms with van der Waals surface area (Å²) in [4.78, 5) is 26.1. The monoisotopic (exact) mass is 346 g/mol. The molecule has 0 aromatic heterocycles. The van der Waals surface area contributed by atoms with E-state index in [4.69, 9.17) is 4.74 Å². The lowest BCUT2D eigenvalue weighted by Crippen LogP contribution is -2.43. The average molecular weight is 346 g/mol. The second-order valence-electron chi connectivity index (χ2n) is 6.71. The molecule has 0 saturated carbocycles. The molecular weight excluding hydrogens is 316 g/mol. The Labute approximate surface area is 150 Å². The molecule has 138 valence electrons. The third-order valence-corrected chi connectivity index (χ3v) is 4.56. The Morgan fingerprint density at radius 2 is 2.04 bits per heavy atom. The van der Waals surface area contributed by atoms with Crippen molar-refractivity contribution in [2.24, 2.45) is 5.92 Å². The lowest BCUT2D eigenvalue weighted by Gasteiger charge is -2.31. The quantitative estimate of drug-likeness (QED) is 0.736. The van der Waals surface area contributed by atoms with E-state index in [-0.39, 0.29) is 17.7 Å². The van der Waals surface area contributed by atoms with Crippen molar-refractivity contribution in [3.63, 3.8) is 0 Å². The van der Waals surface area contributed by atoms with Gasteiger partial charge in [0.1, 0.15) is 5.75 Å². The molecule has 0 unspecified atom stereocenters. The number of hydrogen-bond donors (Lipinski definition) is 1. The minimum atomic E-state index is 0.0558. The number of nitrogens with zero attached hydrogens (tertiary/aromatic N) is 1. The maximum absolute atomic E-state index is 12.3. The predicted octanol–water partition coefficient (Wildman–Crippen LogP) is 2.92. The van der Waals surface area contributed by atoms with Crippen LogP contribution in [0.4, 0.5) is 0 Å². The van der Waals surface area contributed by atoms with Crippen LogP contribution in [-0.2, 0) is 9.59 Å². The van der Waals surface area contributed by atoms with Crippen LogP contribution in [0.1, 0.15) is 44.6 Å². The number of piperidine rings is 1. The van der Waals surface area contributed by atoms with E-state index in [1.165, 1.54) is 5.56 Å². The van der Waals surface area contributed by atoms with Crippen molar-refractivity contribution in [2.75, 3.05) is 26.2 Å². The molecule has 25 heavy (non-hydrogen) atoms. The average Bonchev–Trinajstić information content (AvgIpc) is 2.63. The Morgan fingerprint density at radius 3 is 2.72 bits per heavy atom. The molecule has 0 radical (unpaired) electrons. The highest BCUT2D eigenvalue weighted by atomic mass is 16.5. The van der Waals surface area contributed by atoms with Gasteiger partial charge in [-0.1, -0.05) is 19.1 Å². The van der Waals surface area contributed by atoms with Gasteiger partial charge < -0.3 is 15.0 Å². The van der Waals surface area contributed by atoms with E-state index >= 15 is 0 Å². The first-order valence-corrected chi connectivity index (χ1v) is 9.35. The van der Waals surface area contributed by atoms with Gasteiger partial charge in [-0.25, -0.2) is 0 Å². The van der Waals surface area contributed by atoms with E-state index in [0.29, 0.717) is 32.5 Å². The highest BCUT2D eigenvalue weighted by Crippen LogP contribution is 2.18. The number of likely N-dealkylation sites (tertiary alicyclic amines) is 1. The summed E-state index contributed by atoms with van der Waals surface area (Å²) in [5, 5.41) is 2.95. The van der Waals surface area contributed by atoms with Crippen molar-refractivity contribution in [1.82, 2.24) is 10.2 Å². The lowest BCUT2D eigenvalue weighted by atomic mass is 9.95. The molecule has 1 N–H and O–H groups in total. The zero-order chi connectivity index (χ0) is 18.1. The molecule has 1 aromatic carbocycles. The molecule has 1 fully saturated rings. The lowest BCUT2D eigenvalue weighted by molar-refractivity contribution is -0.135. The number of benzene rings is 1. The van der Waals surface area contributed by atoms with Gasteiger partial charge in [0.25, 0.3) is 0 Å². The van der Waals surface area contributed by atoms with Crippen LogP contribution >= 0.6 is 0 Å². The molecule has 0 bridgehead atoms. The first-order chi connectivity index (χ1) is 12.1. The topological polar surface area (TPSA) is 58.6 Å². The Balaban J connectivity index is 1.63. The summed E-state index contributed by atoms with van der Waals surface area (Å²) in [7, 11) is 0. The second-order valence-corrected chi connectivity index (χ2v) is 6.71. The number of hydrogen-bond acceptors (Lipinski definition) is 3. The fraction of sp³-hybridized carbons (Fsp3) is 0.600. The molecule has 0 spiro atoms. The molecule has 1 aliphatic heterocycles. The first-order valence-electron chi connectivity index (χ1n) is 9.35. The van der Waals surface area contributed by atoms with E-state index in [1.54, 1.807) is 0 Å². The van der Waals surface area contributed by atoms with E-state index in [1.807, 2.05) is 43.0 Å². The first kappa shape index (κ1) is 19.3. The number of aryl methyl sites for hydroxylation is 1. The number of amides is 2. The summed E-state index contributed by atoms with van der Waals surface area (Å²) in [6.07, 6.45) is 3.69. The van der Waals surface area contributed by atoms with Crippen molar-refractivity contribution in [3.8, 4) is 5.75 Å². The van der Waals surface area contributed by atoms with Gasteiger partial charge in [-0.2, -0.15) is 0 Å². The van der Waals surface area contributed by atoms with Crippen molar-refractivity contribution in [2.45, 2.75) is 46.0 Å². The standard InChI is InChI=1S/C20H30N2O3/c1-3-11-21-20(24)17-9-12-22(13-10-17)19(23)8-5-14-25-18-7-4-6-16(2)15-18/h4,6-7,15,17H,3,5,8-14H2,1-2H3,(H,21,24). The summed E-state index contributed by atoms with van der Waals surface area (Å²) in [6, 6.07) is 7.93. The predicted molar refractivity (Wildman–Crippen MR) is 98.5 cm³/mol. The summed E-state index contributed by atoms with van der Waals surface area (Å²) < 4.78 is 5.69. The van der Waals surface area contributed by atoms with Crippen LogP contribution < -0.4 is 10.1 Å². The van der Waals surface area contributed by atoms with Crippen LogP contribution in [0.25, 0.3) is 0 Å². The molecule has 2 amide bonds. The number of ether oxygens (including phenoxy) is 1. The van der Waals surface area contributed by atoms with Crippen LogP contribution in [0.3, 0.4) is 0 Å². The van der Waals surface area contributed by atoms with Gasteiger partial charge in [-0.05, 0) is 50.3 Å². The number of nitrogens with one attached hydrogen (secondary N) is 1. The highest BCUT2D eigenvalue weighted by molar-refractivity contribution is 5.80. The van der Waals surface area contributed by atoms with Gasteiger partial charge in [0, 0.05) is 32.0 Å². The fourth-order valence-corrected chi connectivity index (χ4v) is 3.06. The second kappa shape index (κ2) is 10.1. The van der Waals surface area contributed by atoms with Gasteiger partial charge >= 0.3 is 0 Å². The van der Waals surface area contributed by atoms with Gasteiger partial charge in [-0.3, -0.25) is 9.59 Å². The summed E-state index contributed by atoms with van der Waals surface area (Å²) in [5.74, 6) is 1.22. The van der Waals surface area contributed by atoms with Crippen LogP contribution in [0.2, 0.25) is 0 Å². The van der Waals surface area contributed by atoms with Crippen molar-refractivity contribution < 1.29 is 14.3 Å². The van der Waals surface area contributed by atoms with Crippen LogP contribution in [-0.4, -0.2) is 43.0 Å². The van der Waals surface area contributed by atoms with Crippen molar-refractivity contribution in [1.29, 1.82) is 0 Å². The molecule has 2 rings (SSSR count). The molecule has 0 atom stereocenters. The highest BCUT2D eigenvalue weighted by Gasteiger charge is 2.26. The fourth-order valence-electron chi connectivity index (χ4n) is 3.06. The molecule has 5 nitrogen and oxygen atoms in total. The SMILES string of the molecule is CCCNC(=O)C1CCN(C(=O)CCCOc2cccc(C)c2)CC1. The molecule has 1 aromatic rings. The zero-order valence-corrected chi connectivity index (χ0v) is 15.4. The third kappa shape index (κ3) is 6.40. The molecule has 1 heterocycles. The van der Waals surface area contributed by atoms with E-state index < -0.39 is 0 Å². The Bertz CT molecular complexity index is 566. The summed E-state index contributed by atoms with van der Waals surface area (Å²) in [6.45, 7) is 6.72. The minimum absolute atomic E-state index is 0.0558. The largest absolute Gasteiger partial charge is 0.494 e. The van der Waals surface area contributed by atoms with Crippen LogP contribution in [0, 0.1) is 12.8 Å². The Kier molecular flexibility index (Phi) is 7.76. The molecule has 0 aliphatic carbocycles. The van der Waals surface area contributed by atoms with Gasteiger partial charge in [-0.15, -0.1) is 0 Å². The number of rotatable bonds is 8. The smallest absolute Gasteiger partial charge is 0.223 e. The van der Waals surface area contributed by atoms with E-state index in [9.17, 15) is 9.59 Å². The maximum atomic E-state index is 12.3. The maximum Gasteiger partial charge on any atom is 0.223 e. The molecular formula is C20H30N2O3. The third-order valence-electron chi connectivity index (χ3n) is 4.56.